The van der Waals surface area contributed by atoms with E-state index in [1.54, 1.807) is 24.3 Å². The number of aromatic nitrogens is 2. The summed E-state index contributed by atoms with van der Waals surface area (Å²) in [6.45, 7) is 2.01. The topological polar surface area (TPSA) is 95.0 Å². The normalized spacial score (nSPS) is 11.8. The van der Waals surface area contributed by atoms with Gasteiger partial charge in [-0.05, 0) is 42.8 Å². The molecule has 0 radical (unpaired) electrons. The van der Waals surface area contributed by atoms with Crippen LogP contribution in [-0.4, -0.2) is 18.0 Å². The van der Waals surface area contributed by atoms with Crippen LogP contribution in [0.15, 0.2) is 58.2 Å². The number of rotatable bonds is 4. The first-order valence-electron chi connectivity index (χ1n) is 7.55. The van der Waals surface area contributed by atoms with Crippen molar-refractivity contribution < 1.29 is 8.42 Å². The quantitative estimate of drug-likeness (QED) is 0.783. The van der Waals surface area contributed by atoms with E-state index in [9.17, 15) is 13.2 Å². The van der Waals surface area contributed by atoms with Crippen molar-refractivity contribution in [3.8, 4) is 5.69 Å². The number of para-hydroxylation sites is 1. The van der Waals surface area contributed by atoms with Crippen molar-refractivity contribution in [2.45, 2.75) is 24.7 Å². The summed E-state index contributed by atoms with van der Waals surface area (Å²) in [5.74, 6) is 0.643. The van der Waals surface area contributed by atoms with Gasteiger partial charge in [-0.2, -0.15) is 0 Å². The Morgan fingerprint density at radius 1 is 1.08 bits per heavy atom. The molecular formula is C17H17N3O3S. The molecule has 2 aromatic carbocycles. The summed E-state index contributed by atoms with van der Waals surface area (Å²) < 4.78 is 24.3. The molecule has 7 heteroatoms. The summed E-state index contributed by atoms with van der Waals surface area (Å²) in [5, 5.41) is 5.64. The van der Waals surface area contributed by atoms with Crippen LogP contribution < -0.4 is 10.7 Å². The summed E-state index contributed by atoms with van der Waals surface area (Å²) in [7, 11) is -3.77. The van der Waals surface area contributed by atoms with Gasteiger partial charge in [0, 0.05) is 6.42 Å². The van der Waals surface area contributed by atoms with E-state index >= 15 is 0 Å². The highest BCUT2D eigenvalue weighted by Gasteiger charge is 2.13. The van der Waals surface area contributed by atoms with Crippen LogP contribution in [0.5, 0.6) is 0 Å². The van der Waals surface area contributed by atoms with Crippen LogP contribution in [-0.2, 0) is 16.4 Å². The lowest BCUT2D eigenvalue weighted by Gasteiger charge is -2.13. The lowest BCUT2D eigenvalue weighted by atomic mass is 10.2. The number of hydrogen-bond donors (Lipinski definition) is 1. The predicted molar refractivity (Wildman–Crippen MR) is 92.7 cm³/mol. The maximum absolute atomic E-state index is 12.9. The fourth-order valence-electron chi connectivity index (χ4n) is 2.62. The van der Waals surface area contributed by atoms with Crippen molar-refractivity contribution in [2.75, 3.05) is 0 Å². The lowest BCUT2D eigenvalue weighted by Crippen LogP contribution is -2.24. The van der Waals surface area contributed by atoms with Crippen molar-refractivity contribution in [3.05, 3.63) is 64.7 Å². The summed E-state index contributed by atoms with van der Waals surface area (Å²) in [6, 6.07) is 13.1. The zero-order valence-corrected chi connectivity index (χ0v) is 14.0. The summed E-state index contributed by atoms with van der Waals surface area (Å²) in [6.07, 6.45) is 1.47. The molecular weight excluding hydrogens is 326 g/mol. The van der Waals surface area contributed by atoms with E-state index in [0.717, 1.165) is 6.42 Å². The molecule has 2 N–H and O–H groups in total. The first-order chi connectivity index (χ1) is 11.4. The van der Waals surface area contributed by atoms with Gasteiger partial charge in [0.2, 0.25) is 10.0 Å². The highest BCUT2D eigenvalue weighted by atomic mass is 32.2. The van der Waals surface area contributed by atoms with Crippen LogP contribution >= 0.6 is 0 Å². The molecule has 1 aromatic heterocycles. The largest absolute Gasteiger partial charge is 0.268 e. The Bertz CT molecular complexity index is 1050. The lowest BCUT2D eigenvalue weighted by molar-refractivity contribution is 0.598. The molecule has 3 rings (SSSR count). The fraction of sp³-hybridized carbons (Fsp3) is 0.176. The number of benzene rings is 2. The summed E-state index contributed by atoms with van der Waals surface area (Å²) >= 11 is 0. The monoisotopic (exact) mass is 343 g/mol. The van der Waals surface area contributed by atoms with Crippen LogP contribution in [0.2, 0.25) is 0 Å². The molecule has 0 aliphatic carbocycles. The highest BCUT2D eigenvalue weighted by molar-refractivity contribution is 7.89. The first kappa shape index (κ1) is 16.4. The number of hydrogen-bond acceptors (Lipinski definition) is 4. The molecule has 124 valence electrons. The van der Waals surface area contributed by atoms with E-state index in [4.69, 9.17) is 5.14 Å². The zero-order valence-electron chi connectivity index (χ0n) is 13.1. The van der Waals surface area contributed by atoms with Crippen molar-refractivity contribution in [2.24, 2.45) is 5.14 Å². The molecule has 0 atom stereocenters. The second-order valence-corrected chi connectivity index (χ2v) is 7.04. The maximum Gasteiger partial charge on any atom is 0.265 e. The van der Waals surface area contributed by atoms with E-state index in [-0.39, 0.29) is 10.5 Å². The van der Waals surface area contributed by atoms with E-state index in [1.807, 2.05) is 19.1 Å². The van der Waals surface area contributed by atoms with Gasteiger partial charge in [-0.25, -0.2) is 18.5 Å². The van der Waals surface area contributed by atoms with Crippen LogP contribution in [0.25, 0.3) is 16.6 Å². The molecule has 0 saturated heterocycles. The van der Waals surface area contributed by atoms with E-state index in [1.165, 1.54) is 16.7 Å². The molecule has 0 amide bonds. The molecule has 0 aliphatic rings. The molecule has 0 fully saturated rings. The number of sulfonamides is 1. The minimum absolute atomic E-state index is 0.00471. The number of aryl methyl sites for hydroxylation is 1. The Balaban J connectivity index is 2.26. The van der Waals surface area contributed by atoms with Crippen LogP contribution in [0.1, 0.15) is 19.2 Å². The maximum atomic E-state index is 12.9. The SMILES string of the molecule is CCCc1nc2ccccc2c(=O)n1-c1ccc(S(N)(=O)=O)cc1. The van der Waals surface area contributed by atoms with Crippen LogP contribution in [0.4, 0.5) is 0 Å². The van der Waals surface area contributed by atoms with Crippen LogP contribution in [0.3, 0.4) is 0 Å². The number of primary sulfonamides is 1. The predicted octanol–water partition coefficient (Wildman–Crippen LogP) is 1.99. The zero-order chi connectivity index (χ0) is 17.3. The second kappa shape index (κ2) is 6.18. The van der Waals surface area contributed by atoms with Gasteiger partial charge < -0.3 is 0 Å². The standard InChI is InChI=1S/C17H17N3O3S/c1-2-5-16-19-15-7-4-3-6-14(15)17(21)20(16)12-8-10-13(11-9-12)24(18,22)23/h3-4,6-11H,2,5H2,1H3,(H2,18,22,23). The highest BCUT2D eigenvalue weighted by Crippen LogP contribution is 2.16. The van der Waals surface area contributed by atoms with Gasteiger partial charge >= 0.3 is 0 Å². The molecule has 1 heterocycles. The van der Waals surface area contributed by atoms with Gasteiger partial charge in [-0.3, -0.25) is 9.36 Å². The average molecular weight is 343 g/mol. The fourth-order valence-corrected chi connectivity index (χ4v) is 3.14. The first-order valence-corrected chi connectivity index (χ1v) is 9.10. The van der Waals surface area contributed by atoms with E-state index in [2.05, 4.69) is 4.98 Å². The third kappa shape index (κ3) is 2.95. The summed E-state index contributed by atoms with van der Waals surface area (Å²) in [4.78, 5) is 17.5. The molecule has 0 bridgehead atoms. The van der Waals surface area contributed by atoms with Gasteiger partial charge in [-0.15, -0.1) is 0 Å². The molecule has 6 nitrogen and oxygen atoms in total. The molecule has 0 unspecified atom stereocenters. The minimum Gasteiger partial charge on any atom is -0.268 e. The Kier molecular flexibility index (Phi) is 4.21. The van der Waals surface area contributed by atoms with Gasteiger partial charge in [0.1, 0.15) is 5.82 Å². The van der Waals surface area contributed by atoms with Gasteiger partial charge in [0.15, 0.2) is 0 Å². The van der Waals surface area contributed by atoms with Crippen molar-refractivity contribution in [3.63, 3.8) is 0 Å². The van der Waals surface area contributed by atoms with Crippen molar-refractivity contribution in [1.29, 1.82) is 0 Å². The van der Waals surface area contributed by atoms with Gasteiger partial charge in [0.05, 0.1) is 21.5 Å². The van der Waals surface area contributed by atoms with E-state index < -0.39 is 10.0 Å². The average Bonchev–Trinajstić information content (AvgIpc) is 2.55. The number of fused-ring (bicyclic) bond motifs is 1. The van der Waals surface area contributed by atoms with Gasteiger partial charge in [0.25, 0.3) is 5.56 Å². The summed E-state index contributed by atoms with van der Waals surface area (Å²) in [5.41, 5.74) is 1.05. The third-order valence-corrected chi connectivity index (χ3v) is 4.67. The molecule has 0 spiro atoms. The molecule has 0 saturated carbocycles. The minimum atomic E-state index is -3.77. The third-order valence-electron chi connectivity index (χ3n) is 3.74. The van der Waals surface area contributed by atoms with E-state index in [0.29, 0.717) is 28.8 Å². The van der Waals surface area contributed by atoms with Crippen molar-refractivity contribution in [1.82, 2.24) is 9.55 Å². The number of nitrogens with two attached hydrogens (primary N) is 1. The second-order valence-electron chi connectivity index (χ2n) is 5.47. The van der Waals surface area contributed by atoms with Gasteiger partial charge in [-0.1, -0.05) is 19.1 Å². The Morgan fingerprint density at radius 2 is 1.75 bits per heavy atom. The Hall–Kier alpha value is -2.51. The Labute approximate surface area is 139 Å². The van der Waals surface area contributed by atoms with Crippen molar-refractivity contribution >= 4 is 20.9 Å². The van der Waals surface area contributed by atoms with Crippen LogP contribution in [0, 0.1) is 0 Å². The number of nitrogens with zero attached hydrogens (tertiary/aromatic N) is 2. The molecule has 24 heavy (non-hydrogen) atoms. The smallest absolute Gasteiger partial charge is 0.265 e. The Morgan fingerprint density at radius 3 is 2.38 bits per heavy atom. The molecule has 0 aliphatic heterocycles. The molecule has 3 aromatic rings.